The predicted octanol–water partition coefficient (Wildman–Crippen LogP) is 1.55. The molecule has 2 N–H and O–H groups in total. The molecule has 1 aromatic heterocycles. The fraction of sp³-hybridized carbons (Fsp3) is 0.211. The van der Waals surface area contributed by atoms with Crippen LogP contribution in [0.25, 0.3) is 0 Å². The number of carbonyl (C=O) groups is 4. The van der Waals surface area contributed by atoms with E-state index in [2.05, 4.69) is 15.6 Å². The van der Waals surface area contributed by atoms with Gasteiger partial charge in [0.15, 0.2) is 0 Å². The average molecular weight is 381 g/mol. The van der Waals surface area contributed by atoms with Crippen LogP contribution in [-0.2, 0) is 9.59 Å². The molecule has 1 unspecified atom stereocenters. The summed E-state index contributed by atoms with van der Waals surface area (Å²) < 4.78 is 0. The molecule has 144 valence electrons. The second-order valence-corrected chi connectivity index (χ2v) is 6.34. The van der Waals surface area contributed by atoms with E-state index in [1.165, 1.54) is 25.2 Å². The lowest BCUT2D eigenvalue weighted by atomic mass is 10.1. The highest BCUT2D eigenvalue weighted by atomic mass is 16.2. The average Bonchev–Trinajstić information content (AvgIpc) is 2.87. The van der Waals surface area contributed by atoms with Gasteiger partial charge in [0.2, 0.25) is 5.91 Å². The molecule has 1 aliphatic rings. The molecule has 0 radical (unpaired) electrons. The van der Waals surface area contributed by atoms with Crippen LogP contribution in [0.5, 0.6) is 0 Å². The van der Waals surface area contributed by atoms with Gasteiger partial charge in [-0.15, -0.1) is 0 Å². The Hall–Kier alpha value is -3.75. The zero-order valence-corrected chi connectivity index (χ0v) is 15.4. The maximum Gasteiger partial charge on any atom is 0.326 e. The van der Waals surface area contributed by atoms with Crippen LogP contribution in [0.3, 0.4) is 0 Å². The number of nitrogens with zero attached hydrogens (tertiary/aromatic N) is 3. The van der Waals surface area contributed by atoms with Gasteiger partial charge in [-0.3, -0.25) is 24.3 Å². The van der Waals surface area contributed by atoms with Crippen molar-refractivity contribution < 1.29 is 19.2 Å². The summed E-state index contributed by atoms with van der Waals surface area (Å²) in [5, 5.41) is 5.41. The van der Waals surface area contributed by atoms with Gasteiger partial charge in [0.05, 0.1) is 12.0 Å². The van der Waals surface area contributed by atoms with E-state index in [0.29, 0.717) is 16.9 Å². The predicted molar refractivity (Wildman–Crippen MR) is 102 cm³/mol. The Balaban J connectivity index is 1.63. The number of rotatable bonds is 5. The number of aromatic nitrogens is 1. The molecule has 1 fully saturated rings. The van der Waals surface area contributed by atoms with Crippen molar-refractivity contribution in [3.8, 4) is 0 Å². The van der Waals surface area contributed by atoms with E-state index >= 15 is 0 Å². The van der Waals surface area contributed by atoms with E-state index in [-0.39, 0.29) is 12.3 Å². The highest BCUT2D eigenvalue weighted by molar-refractivity contribution is 6.07. The van der Waals surface area contributed by atoms with Crippen LogP contribution in [0.1, 0.15) is 16.8 Å². The van der Waals surface area contributed by atoms with Crippen molar-refractivity contribution in [2.45, 2.75) is 12.5 Å². The molecule has 9 heteroatoms. The summed E-state index contributed by atoms with van der Waals surface area (Å²) in [5.41, 5.74) is 1.37. The molecule has 0 spiro atoms. The maximum atomic E-state index is 12.3. The molecule has 1 aromatic carbocycles. The normalized spacial score (nSPS) is 16.3. The van der Waals surface area contributed by atoms with Gasteiger partial charge in [0.25, 0.3) is 11.8 Å². The monoisotopic (exact) mass is 381 g/mol. The lowest BCUT2D eigenvalue weighted by molar-refractivity contribution is -0.129. The molecule has 0 bridgehead atoms. The molecule has 0 aliphatic carbocycles. The first kappa shape index (κ1) is 19.0. The first-order valence-corrected chi connectivity index (χ1v) is 8.52. The number of likely N-dealkylation sites (N-methyl/N-ethyl adjacent to an activating group) is 2. The molecular formula is C19H19N5O4. The van der Waals surface area contributed by atoms with Gasteiger partial charge in [0.1, 0.15) is 6.04 Å². The third-order valence-electron chi connectivity index (χ3n) is 4.38. The van der Waals surface area contributed by atoms with E-state index in [0.717, 1.165) is 4.90 Å². The summed E-state index contributed by atoms with van der Waals surface area (Å²) in [7, 11) is 2.86. The number of imide groups is 1. The Morgan fingerprint density at radius 2 is 1.79 bits per heavy atom. The van der Waals surface area contributed by atoms with Crippen molar-refractivity contribution in [3.63, 3.8) is 0 Å². The molecule has 1 atom stereocenters. The second kappa shape index (κ2) is 7.87. The molecular weight excluding hydrogens is 362 g/mol. The van der Waals surface area contributed by atoms with E-state index < -0.39 is 23.9 Å². The Morgan fingerprint density at radius 1 is 1.07 bits per heavy atom. The van der Waals surface area contributed by atoms with Crippen molar-refractivity contribution in [1.29, 1.82) is 0 Å². The van der Waals surface area contributed by atoms with Gasteiger partial charge in [-0.25, -0.2) is 4.79 Å². The minimum atomic E-state index is -0.828. The quantitative estimate of drug-likeness (QED) is 0.764. The van der Waals surface area contributed by atoms with E-state index in [4.69, 9.17) is 0 Å². The first-order valence-electron chi connectivity index (χ1n) is 8.52. The van der Waals surface area contributed by atoms with Crippen molar-refractivity contribution in [1.82, 2.24) is 14.8 Å². The molecule has 1 aliphatic heterocycles. The van der Waals surface area contributed by atoms with Crippen LogP contribution in [0.15, 0.2) is 48.8 Å². The lowest BCUT2D eigenvalue weighted by Crippen LogP contribution is -2.35. The van der Waals surface area contributed by atoms with Gasteiger partial charge in [0, 0.05) is 37.9 Å². The number of urea groups is 1. The summed E-state index contributed by atoms with van der Waals surface area (Å²) in [4.78, 5) is 54.5. The summed E-state index contributed by atoms with van der Waals surface area (Å²) in [6.07, 6.45) is 2.87. The van der Waals surface area contributed by atoms with E-state index in [9.17, 15) is 19.2 Å². The number of nitrogens with one attached hydrogen (secondary N) is 2. The molecule has 5 amide bonds. The van der Waals surface area contributed by atoms with Crippen LogP contribution in [0.2, 0.25) is 0 Å². The largest absolute Gasteiger partial charge is 0.326 e. The van der Waals surface area contributed by atoms with Crippen molar-refractivity contribution in [2.75, 3.05) is 24.7 Å². The van der Waals surface area contributed by atoms with Crippen LogP contribution in [-0.4, -0.2) is 58.7 Å². The number of benzene rings is 1. The van der Waals surface area contributed by atoms with Crippen LogP contribution < -0.4 is 10.6 Å². The zero-order valence-electron chi connectivity index (χ0n) is 15.4. The third-order valence-corrected chi connectivity index (χ3v) is 4.38. The summed E-state index contributed by atoms with van der Waals surface area (Å²) in [5.74, 6) is -1.15. The van der Waals surface area contributed by atoms with E-state index in [1.54, 1.807) is 42.6 Å². The van der Waals surface area contributed by atoms with Crippen molar-refractivity contribution in [3.05, 3.63) is 54.4 Å². The number of anilines is 2. The topological polar surface area (TPSA) is 112 Å². The van der Waals surface area contributed by atoms with Gasteiger partial charge < -0.3 is 15.5 Å². The fourth-order valence-electron chi connectivity index (χ4n) is 2.84. The molecule has 28 heavy (non-hydrogen) atoms. The number of pyridine rings is 1. The Morgan fingerprint density at radius 3 is 2.39 bits per heavy atom. The standard InChI is InChI=1S/C19H19N5O4/c1-23-15(18(27)24(2)19(23)28)10-16(25)21-13-6-3-7-14(9-13)22-17(26)12-5-4-8-20-11-12/h3-9,11,15H,10H2,1-2H3,(H,21,25)(H,22,26). The summed E-state index contributed by atoms with van der Waals surface area (Å²) >= 11 is 0. The second-order valence-electron chi connectivity index (χ2n) is 6.34. The van der Waals surface area contributed by atoms with Crippen LogP contribution in [0.4, 0.5) is 16.2 Å². The maximum absolute atomic E-state index is 12.3. The zero-order chi connectivity index (χ0) is 20.3. The Labute approximate surface area is 161 Å². The van der Waals surface area contributed by atoms with E-state index in [1.807, 2.05) is 0 Å². The minimum absolute atomic E-state index is 0.155. The number of amides is 5. The van der Waals surface area contributed by atoms with Crippen LogP contribution in [0, 0.1) is 0 Å². The molecule has 2 aromatic rings. The molecule has 0 saturated carbocycles. The highest BCUT2D eigenvalue weighted by Gasteiger charge is 2.41. The number of hydrogen-bond acceptors (Lipinski definition) is 5. The Kier molecular flexibility index (Phi) is 5.35. The smallest absolute Gasteiger partial charge is 0.326 e. The first-order chi connectivity index (χ1) is 13.4. The molecule has 9 nitrogen and oxygen atoms in total. The number of carbonyl (C=O) groups excluding carboxylic acids is 4. The lowest BCUT2D eigenvalue weighted by Gasteiger charge is -2.16. The molecule has 2 heterocycles. The van der Waals surface area contributed by atoms with Gasteiger partial charge in [-0.1, -0.05) is 6.07 Å². The Bertz CT molecular complexity index is 931. The van der Waals surface area contributed by atoms with Gasteiger partial charge >= 0.3 is 6.03 Å². The molecule has 1 saturated heterocycles. The fourth-order valence-corrected chi connectivity index (χ4v) is 2.84. The third kappa shape index (κ3) is 3.98. The van der Waals surface area contributed by atoms with Gasteiger partial charge in [-0.05, 0) is 30.3 Å². The molecule has 3 rings (SSSR count). The van der Waals surface area contributed by atoms with Gasteiger partial charge in [-0.2, -0.15) is 0 Å². The number of hydrogen-bond donors (Lipinski definition) is 2. The van der Waals surface area contributed by atoms with Crippen molar-refractivity contribution in [2.24, 2.45) is 0 Å². The van der Waals surface area contributed by atoms with Crippen LogP contribution >= 0.6 is 0 Å². The highest BCUT2D eigenvalue weighted by Crippen LogP contribution is 2.19. The summed E-state index contributed by atoms with van der Waals surface area (Å²) in [6.45, 7) is 0. The SMILES string of the molecule is CN1C(=O)C(CC(=O)Nc2cccc(NC(=O)c3cccnc3)c2)N(C)C1=O. The minimum Gasteiger partial charge on any atom is -0.326 e. The summed E-state index contributed by atoms with van der Waals surface area (Å²) in [6, 6.07) is 8.66. The van der Waals surface area contributed by atoms with Crippen molar-refractivity contribution >= 4 is 35.1 Å².